The van der Waals surface area contributed by atoms with Crippen LogP contribution < -0.4 is 0 Å². The molecule has 1 saturated heterocycles. The number of hydrogen-bond acceptors (Lipinski definition) is 4. The quantitative estimate of drug-likeness (QED) is 0.774. The lowest BCUT2D eigenvalue weighted by molar-refractivity contribution is 0.278. The fraction of sp³-hybridized carbons (Fsp3) is 0.375. The fourth-order valence-electron chi connectivity index (χ4n) is 2.76. The Kier molecular flexibility index (Phi) is 5.85. The van der Waals surface area contributed by atoms with Crippen LogP contribution in [0.25, 0.3) is 0 Å². The molecule has 1 aromatic carbocycles. The summed E-state index contributed by atoms with van der Waals surface area (Å²) in [5, 5.41) is 0.724. The molecule has 8 heteroatoms. The van der Waals surface area contributed by atoms with E-state index >= 15 is 0 Å². The molecule has 2 aromatic rings. The van der Waals surface area contributed by atoms with E-state index in [2.05, 4.69) is 4.90 Å². The first-order valence-electron chi connectivity index (χ1n) is 7.67. The third-order valence-corrected chi connectivity index (χ3v) is 7.86. The van der Waals surface area contributed by atoms with Gasteiger partial charge in [-0.3, -0.25) is 4.90 Å². The monoisotopic (exact) mass is 404 g/mol. The van der Waals surface area contributed by atoms with Crippen LogP contribution in [0.5, 0.6) is 0 Å². The molecule has 0 bridgehead atoms. The van der Waals surface area contributed by atoms with Gasteiger partial charge >= 0.3 is 0 Å². The summed E-state index contributed by atoms with van der Waals surface area (Å²) < 4.78 is 27.8. The number of halogens is 2. The molecule has 2 heterocycles. The Hall–Kier alpha value is -0.630. The van der Waals surface area contributed by atoms with Crippen LogP contribution in [-0.2, 0) is 16.6 Å². The molecule has 0 radical (unpaired) electrons. The Balaban J connectivity index is 1.65. The summed E-state index contributed by atoms with van der Waals surface area (Å²) in [6.45, 7) is 3.41. The van der Waals surface area contributed by atoms with Crippen molar-refractivity contribution in [3.63, 3.8) is 0 Å². The maximum absolute atomic E-state index is 12.7. The molecule has 0 spiro atoms. The number of hydrogen-bond donors (Lipinski definition) is 0. The zero-order chi connectivity index (χ0) is 17.2. The zero-order valence-electron chi connectivity index (χ0n) is 13.0. The molecule has 0 atom stereocenters. The van der Waals surface area contributed by atoms with E-state index < -0.39 is 10.0 Å². The van der Waals surface area contributed by atoms with Crippen molar-refractivity contribution < 1.29 is 8.42 Å². The van der Waals surface area contributed by atoms with Gasteiger partial charge in [-0.25, -0.2) is 8.42 Å². The SMILES string of the molecule is O=S(=O)(c1ccc(Cl)s1)N1CCCN(Cc2ccc(Cl)cc2)CC1. The van der Waals surface area contributed by atoms with Gasteiger partial charge in [0.25, 0.3) is 10.0 Å². The van der Waals surface area contributed by atoms with Crippen molar-refractivity contribution in [3.8, 4) is 0 Å². The largest absolute Gasteiger partial charge is 0.298 e. The van der Waals surface area contributed by atoms with E-state index in [-0.39, 0.29) is 0 Å². The van der Waals surface area contributed by atoms with Crippen molar-refractivity contribution in [3.05, 3.63) is 51.3 Å². The van der Waals surface area contributed by atoms with Crippen LogP contribution in [0.4, 0.5) is 0 Å². The van der Waals surface area contributed by atoms with Gasteiger partial charge in [-0.1, -0.05) is 35.3 Å². The third kappa shape index (κ3) is 4.31. The minimum atomic E-state index is -3.44. The predicted molar refractivity (Wildman–Crippen MR) is 99.4 cm³/mol. The van der Waals surface area contributed by atoms with E-state index in [9.17, 15) is 8.42 Å². The van der Waals surface area contributed by atoms with Crippen LogP contribution in [-0.4, -0.2) is 43.8 Å². The van der Waals surface area contributed by atoms with Crippen molar-refractivity contribution in [2.75, 3.05) is 26.2 Å². The van der Waals surface area contributed by atoms with E-state index in [1.54, 1.807) is 16.4 Å². The van der Waals surface area contributed by atoms with Gasteiger partial charge in [-0.05, 0) is 42.8 Å². The summed E-state index contributed by atoms with van der Waals surface area (Å²) in [7, 11) is -3.44. The summed E-state index contributed by atoms with van der Waals surface area (Å²) in [4.78, 5) is 2.28. The average Bonchev–Trinajstić information content (AvgIpc) is 2.86. The molecule has 1 aliphatic heterocycles. The molecule has 0 unspecified atom stereocenters. The first-order valence-corrected chi connectivity index (χ1v) is 10.7. The van der Waals surface area contributed by atoms with Crippen molar-refractivity contribution in [2.24, 2.45) is 0 Å². The highest BCUT2D eigenvalue weighted by Crippen LogP contribution is 2.28. The standard InChI is InChI=1S/C16H18Cl2N2O2S2/c17-14-4-2-13(3-5-14)12-19-8-1-9-20(11-10-19)24(21,22)16-7-6-15(18)23-16/h2-7H,1,8-12H2. The van der Waals surface area contributed by atoms with Crippen molar-refractivity contribution in [2.45, 2.75) is 17.2 Å². The number of rotatable bonds is 4. The Labute approximate surface area is 156 Å². The zero-order valence-corrected chi connectivity index (χ0v) is 16.1. The lowest BCUT2D eigenvalue weighted by atomic mass is 10.2. The highest BCUT2D eigenvalue weighted by molar-refractivity contribution is 7.91. The molecule has 130 valence electrons. The van der Waals surface area contributed by atoms with Crippen molar-refractivity contribution in [1.29, 1.82) is 0 Å². The summed E-state index contributed by atoms with van der Waals surface area (Å²) in [6.07, 6.45) is 0.811. The number of thiophene rings is 1. The Morgan fingerprint density at radius 3 is 2.38 bits per heavy atom. The van der Waals surface area contributed by atoms with Gasteiger partial charge in [0.1, 0.15) is 4.21 Å². The highest BCUT2D eigenvalue weighted by Gasteiger charge is 2.28. The van der Waals surface area contributed by atoms with Crippen LogP contribution in [0.1, 0.15) is 12.0 Å². The maximum Gasteiger partial charge on any atom is 0.252 e. The molecule has 0 saturated carbocycles. The summed E-state index contributed by atoms with van der Waals surface area (Å²) in [5.74, 6) is 0. The highest BCUT2D eigenvalue weighted by atomic mass is 35.5. The minimum absolute atomic E-state index is 0.318. The van der Waals surface area contributed by atoms with Gasteiger partial charge in [0.05, 0.1) is 4.34 Å². The first-order chi connectivity index (χ1) is 11.4. The van der Waals surface area contributed by atoms with Crippen LogP contribution in [0.3, 0.4) is 0 Å². The van der Waals surface area contributed by atoms with Crippen LogP contribution in [0, 0.1) is 0 Å². The van der Waals surface area contributed by atoms with Gasteiger partial charge in [0.15, 0.2) is 0 Å². The number of nitrogens with zero attached hydrogens (tertiary/aromatic N) is 2. The van der Waals surface area contributed by atoms with Crippen LogP contribution >= 0.6 is 34.5 Å². The molecule has 1 aromatic heterocycles. The predicted octanol–water partition coefficient (Wildman–Crippen LogP) is 3.95. The number of benzene rings is 1. The minimum Gasteiger partial charge on any atom is -0.298 e. The average molecular weight is 405 g/mol. The van der Waals surface area contributed by atoms with E-state index in [0.29, 0.717) is 28.2 Å². The molecule has 0 N–H and O–H groups in total. The fourth-order valence-corrected chi connectivity index (χ4v) is 5.99. The molecule has 1 fully saturated rings. The molecule has 0 amide bonds. The van der Waals surface area contributed by atoms with Gasteiger partial charge in [-0.2, -0.15) is 4.31 Å². The second kappa shape index (κ2) is 7.72. The van der Waals surface area contributed by atoms with Crippen LogP contribution in [0.15, 0.2) is 40.6 Å². The molecule has 24 heavy (non-hydrogen) atoms. The van der Waals surface area contributed by atoms with E-state index in [0.717, 1.165) is 35.9 Å². The maximum atomic E-state index is 12.7. The van der Waals surface area contributed by atoms with Gasteiger partial charge in [0.2, 0.25) is 0 Å². The van der Waals surface area contributed by atoms with Gasteiger partial charge in [-0.15, -0.1) is 11.3 Å². The lowest BCUT2D eigenvalue weighted by Crippen LogP contribution is -2.34. The molecule has 3 rings (SSSR count). The summed E-state index contributed by atoms with van der Waals surface area (Å²) in [5.41, 5.74) is 1.18. The second-order valence-corrected chi connectivity index (χ2v) is 10.0. The van der Waals surface area contributed by atoms with Crippen molar-refractivity contribution in [1.82, 2.24) is 9.21 Å². The van der Waals surface area contributed by atoms with Gasteiger partial charge < -0.3 is 0 Å². The molecule has 1 aliphatic rings. The normalized spacial score (nSPS) is 17.8. The molecule has 4 nitrogen and oxygen atoms in total. The molecular weight excluding hydrogens is 387 g/mol. The summed E-state index contributed by atoms with van der Waals surface area (Å²) in [6, 6.07) is 11.0. The Morgan fingerprint density at radius 2 is 1.71 bits per heavy atom. The van der Waals surface area contributed by atoms with E-state index in [1.165, 1.54) is 5.56 Å². The van der Waals surface area contributed by atoms with Crippen LogP contribution in [0.2, 0.25) is 9.36 Å². The van der Waals surface area contributed by atoms with E-state index in [4.69, 9.17) is 23.2 Å². The first kappa shape index (κ1) is 18.2. The second-order valence-electron chi connectivity index (χ2n) is 5.72. The number of sulfonamides is 1. The van der Waals surface area contributed by atoms with Crippen molar-refractivity contribution >= 4 is 44.6 Å². The Bertz CT molecular complexity index is 791. The van der Waals surface area contributed by atoms with E-state index in [1.807, 2.05) is 24.3 Å². The lowest BCUT2D eigenvalue weighted by Gasteiger charge is -2.21. The molecular formula is C16H18Cl2N2O2S2. The smallest absolute Gasteiger partial charge is 0.252 e. The topological polar surface area (TPSA) is 40.6 Å². The molecule has 0 aliphatic carbocycles. The van der Waals surface area contributed by atoms with Gasteiger partial charge in [0, 0.05) is 31.2 Å². The Morgan fingerprint density at radius 1 is 0.958 bits per heavy atom. The summed E-state index contributed by atoms with van der Waals surface area (Å²) >= 11 is 12.9. The third-order valence-electron chi connectivity index (χ3n) is 4.01.